The molecule has 1 aromatic carbocycles. The zero-order chi connectivity index (χ0) is 15.9. The van der Waals surface area contributed by atoms with E-state index in [1.807, 2.05) is 31.7 Å². The van der Waals surface area contributed by atoms with Crippen molar-refractivity contribution in [3.05, 3.63) is 35.9 Å². The fraction of sp³-hybridized carbons (Fsp3) is 0.611. The van der Waals surface area contributed by atoms with Gasteiger partial charge in [0.15, 0.2) is 0 Å². The number of piperidine rings is 1. The molecule has 1 amide bonds. The first kappa shape index (κ1) is 15.3. The summed E-state index contributed by atoms with van der Waals surface area (Å²) in [6.07, 6.45) is -0.172. The van der Waals surface area contributed by atoms with E-state index in [9.17, 15) is 4.79 Å². The molecular formula is C18H26N2O2. The molecule has 3 rings (SSSR count). The van der Waals surface area contributed by atoms with Gasteiger partial charge < -0.3 is 15.0 Å². The second kappa shape index (κ2) is 5.58. The van der Waals surface area contributed by atoms with Crippen LogP contribution in [0.1, 0.15) is 39.3 Å². The molecule has 1 aliphatic heterocycles. The van der Waals surface area contributed by atoms with Crippen LogP contribution in [-0.2, 0) is 4.74 Å². The number of nitrogens with one attached hydrogen (secondary N) is 1. The van der Waals surface area contributed by atoms with Gasteiger partial charge >= 0.3 is 6.09 Å². The molecule has 4 nitrogen and oxygen atoms in total. The number of hydrogen-bond donors (Lipinski definition) is 1. The number of amides is 1. The van der Waals surface area contributed by atoms with Gasteiger partial charge in [-0.3, -0.25) is 0 Å². The Balaban J connectivity index is 1.48. The number of nitrogens with zero attached hydrogens (tertiary/aromatic N) is 1. The van der Waals surface area contributed by atoms with Crippen LogP contribution in [0.2, 0.25) is 0 Å². The van der Waals surface area contributed by atoms with Crippen molar-refractivity contribution in [2.24, 2.45) is 11.8 Å². The van der Waals surface area contributed by atoms with Crippen LogP contribution >= 0.6 is 0 Å². The molecule has 1 heterocycles. The molecular weight excluding hydrogens is 276 g/mol. The summed E-state index contributed by atoms with van der Waals surface area (Å²) in [5.41, 5.74) is 0.903. The first-order valence-electron chi connectivity index (χ1n) is 8.14. The molecule has 2 fully saturated rings. The molecule has 0 radical (unpaired) electrons. The van der Waals surface area contributed by atoms with Gasteiger partial charge in [0.2, 0.25) is 0 Å². The number of fused-ring (bicyclic) bond motifs is 1. The Morgan fingerprint density at radius 3 is 2.36 bits per heavy atom. The van der Waals surface area contributed by atoms with Crippen molar-refractivity contribution >= 4 is 6.09 Å². The summed E-state index contributed by atoms with van der Waals surface area (Å²) < 4.78 is 5.44. The summed E-state index contributed by atoms with van der Waals surface area (Å²) in [6.45, 7) is 9.57. The topological polar surface area (TPSA) is 41.6 Å². The lowest BCUT2D eigenvalue weighted by Crippen LogP contribution is -2.39. The van der Waals surface area contributed by atoms with Crippen molar-refractivity contribution in [1.29, 1.82) is 0 Å². The van der Waals surface area contributed by atoms with Crippen molar-refractivity contribution in [2.75, 3.05) is 13.1 Å². The van der Waals surface area contributed by atoms with Crippen molar-refractivity contribution in [2.45, 2.75) is 45.4 Å². The molecule has 1 N–H and O–H groups in total. The van der Waals surface area contributed by atoms with Gasteiger partial charge in [-0.25, -0.2) is 4.79 Å². The van der Waals surface area contributed by atoms with E-state index >= 15 is 0 Å². The van der Waals surface area contributed by atoms with E-state index in [1.165, 1.54) is 5.56 Å². The maximum absolute atomic E-state index is 12.1. The van der Waals surface area contributed by atoms with Gasteiger partial charge in [0, 0.05) is 25.2 Å². The van der Waals surface area contributed by atoms with Crippen LogP contribution in [0.4, 0.5) is 4.79 Å². The minimum atomic E-state index is -0.413. The Bertz CT molecular complexity index is 526. The fourth-order valence-electron chi connectivity index (χ4n) is 3.38. The van der Waals surface area contributed by atoms with Gasteiger partial charge in [0.1, 0.15) is 5.60 Å². The van der Waals surface area contributed by atoms with E-state index in [4.69, 9.17) is 4.74 Å². The Kier molecular flexibility index (Phi) is 3.89. The van der Waals surface area contributed by atoms with Crippen LogP contribution < -0.4 is 5.32 Å². The van der Waals surface area contributed by atoms with E-state index in [2.05, 4.69) is 36.5 Å². The number of likely N-dealkylation sites (tertiary alicyclic amines) is 1. The Morgan fingerprint density at radius 2 is 1.82 bits per heavy atom. The minimum Gasteiger partial charge on any atom is -0.444 e. The lowest BCUT2D eigenvalue weighted by Gasteiger charge is -2.26. The number of ether oxygens (including phenoxy) is 1. The molecule has 1 aliphatic carbocycles. The number of hydrogen-bond acceptors (Lipinski definition) is 3. The van der Waals surface area contributed by atoms with Crippen molar-refractivity contribution < 1.29 is 9.53 Å². The minimum absolute atomic E-state index is 0.172. The van der Waals surface area contributed by atoms with E-state index in [0.717, 1.165) is 13.1 Å². The maximum Gasteiger partial charge on any atom is 0.410 e. The van der Waals surface area contributed by atoms with Crippen LogP contribution in [0.3, 0.4) is 0 Å². The molecule has 3 atom stereocenters. The zero-order valence-electron chi connectivity index (χ0n) is 13.9. The van der Waals surface area contributed by atoms with Gasteiger partial charge in [-0.05, 0) is 45.1 Å². The van der Waals surface area contributed by atoms with Gasteiger partial charge in [0.25, 0.3) is 0 Å². The normalized spacial score (nSPS) is 28.2. The Labute approximate surface area is 132 Å². The average Bonchev–Trinajstić information content (AvgIpc) is 2.90. The summed E-state index contributed by atoms with van der Waals surface area (Å²) >= 11 is 0. The van der Waals surface area contributed by atoms with Gasteiger partial charge in [-0.1, -0.05) is 30.3 Å². The number of benzene rings is 1. The van der Waals surface area contributed by atoms with Crippen molar-refractivity contribution in [3.63, 3.8) is 0 Å². The summed E-state index contributed by atoms with van der Waals surface area (Å²) in [5, 5.41) is 3.70. The summed E-state index contributed by atoms with van der Waals surface area (Å²) in [5.74, 6) is 1.16. The Hall–Kier alpha value is -1.55. The second-order valence-corrected chi connectivity index (χ2v) is 7.54. The highest BCUT2D eigenvalue weighted by atomic mass is 16.6. The molecule has 1 saturated heterocycles. The lowest BCUT2D eigenvalue weighted by molar-refractivity contribution is 0.0269. The summed E-state index contributed by atoms with van der Waals surface area (Å²) in [7, 11) is 0. The SMILES string of the molecule is CC(NC1C2CN(C(=O)OC(C)(C)C)CC21)c1ccccc1. The van der Waals surface area contributed by atoms with E-state index < -0.39 is 5.60 Å². The third kappa shape index (κ3) is 3.27. The zero-order valence-corrected chi connectivity index (χ0v) is 13.9. The molecule has 2 aliphatic rings. The summed E-state index contributed by atoms with van der Waals surface area (Å²) in [4.78, 5) is 13.9. The molecule has 3 unspecified atom stereocenters. The molecule has 1 aromatic rings. The van der Waals surface area contributed by atoms with E-state index in [0.29, 0.717) is 23.9 Å². The third-order valence-electron chi connectivity index (χ3n) is 4.59. The summed E-state index contributed by atoms with van der Waals surface area (Å²) in [6, 6.07) is 11.4. The van der Waals surface area contributed by atoms with Crippen molar-refractivity contribution in [3.8, 4) is 0 Å². The molecule has 4 heteroatoms. The first-order chi connectivity index (χ1) is 10.3. The van der Waals surface area contributed by atoms with E-state index in [1.54, 1.807) is 0 Å². The smallest absolute Gasteiger partial charge is 0.410 e. The largest absolute Gasteiger partial charge is 0.444 e. The van der Waals surface area contributed by atoms with E-state index in [-0.39, 0.29) is 6.09 Å². The highest BCUT2D eigenvalue weighted by Gasteiger charge is 2.57. The maximum atomic E-state index is 12.1. The quantitative estimate of drug-likeness (QED) is 0.932. The number of rotatable bonds is 3. The molecule has 1 saturated carbocycles. The van der Waals surface area contributed by atoms with Gasteiger partial charge in [-0.15, -0.1) is 0 Å². The second-order valence-electron chi connectivity index (χ2n) is 7.54. The number of carbonyl (C=O) groups excluding carboxylic acids is 1. The number of carbonyl (C=O) groups is 1. The standard InChI is InChI=1S/C18H26N2O2/c1-12(13-8-6-5-7-9-13)19-16-14-10-20(11-15(14)16)17(21)22-18(2,3)4/h5-9,12,14-16,19H,10-11H2,1-4H3. The van der Waals surface area contributed by atoms with Crippen molar-refractivity contribution in [1.82, 2.24) is 10.2 Å². The van der Waals surface area contributed by atoms with Gasteiger partial charge in [0.05, 0.1) is 0 Å². The van der Waals surface area contributed by atoms with Crippen LogP contribution in [0.25, 0.3) is 0 Å². The van der Waals surface area contributed by atoms with Crippen LogP contribution in [-0.4, -0.2) is 35.7 Å². The average molecular weight is 302 g/mol. The third-order valence-corrected chi connectivity index (χ3v) is 4.59. The molecule has 0 bridgehead atoms. The Morgan fingerprint density at radius 1 is 1.23 bits per heavy atom. The predicted molar refractivity (Wildman–Crippen MR) is 86.6 cm³/mol. The molecule has 0 aromatic heterocycles. The monoisotopic (exact) mass is 302 g/mol. The lowest BCUT2D eigenvalue weighted by atomic mass is 10.1. The highest BCUT2D eigenvalue weighted by Crippen LogP contribution is 2.46. The first-order valence-corrected chi connectivity index (χ1v) is 8.14. The van der Waals surface area contributed by atoms with Crippen LogP contribution in [0.5, 0.6) is 0 Å². The molecule has 120 valence electrons. The van der Waals surface area contributed by atoms with Gasteiger partial charge in [-0.2, -0.15) is 0 Å². The molecule has 22 heavy (non-hydrogen) atoms. The fourth-order valence-corrected chi connectivity index (χ4v) is 3.38. The molecule has 0 spiro atoms. The highest BCUT2D eigenvalue weighted by molar-refractivity contribution is 5.69. The van der Waals surface area contributed by atoms with Crippen LogP contribution in [0, 0.1) is 11.8 Å². The van der Waals surface area contributed by atoms with Crippen LogP contribution in [0.15, 0.2) is 30.3 Å². The predicted octanol–water partition coefficient (Wildman–Crippen LogP) is 3.20.